The first-order valence-electron chi connectivity index (χ1n) is 8.36. The molecular weight excluding hydrogens is 356 g/mol. The van der Waals surface area contributed by atoms with Gasteiger partial charge in [-0.05, 0) is 42.3 Å². The van der Waals surface area contributed by atoms with Crippen molar-refractivity contribution in [2.45, 2.75) is 49.5 Å². The van der Waals surface area contributed by atoms with Crippen LogP contribution >= 0.6 is 11.3 Å². The summed E-state index contributed by atoms with van der Waals surface area (Å²) in [5, 5.41) is 4.67. The predicted molar refractivity (Wildman–Crippen MR) is 98.9 cm³/mol. The van der Waals surface area contributed by atoms with Gasteiger partial charge in [-0.15, -0.1) is 11.3 Å². The Bertz CT molecular complexity index is 847. The highest BCUT2D eigenvalue weighted by Gasteiger charge is 2.40. The SMILES string of the molecule is CCC(C)NC(=O)C1Cc2ccccc2CN1S(=O)(=O)c1cccs1. The Morgan fingerprint density at radius 1 is 1.28 bits per heavy atom. The lowest BCUT2D eigenvalue weighted by atomic mass is 9.95. The fourth-order valence-electron chi connectivity index (χ4n) is 2.94. The molecule has 1 N–H and O–H groups in total. The molecule has 7 heteroatoms. The summed E-state index contributed by atoms with van der Waals surface area (Å²) in [5.41, 5.74) is 1.99. The molecule has 0 fully saturated rings. The molecule has 1 aliphatic rings. The van der Waals surface area contributed by atoms with E-state index in [4.69, 9.17) is 0 Å². The molecule has 0 spiro atoms. The number of amides is 1. The maximum absolute atomic E-state index is 13.1. The Kier molecular flexibility index (Phi) is 5.27. The van der Waals surface area contributed by atoms with Crippen molar-refractivity contribution >= 4 is 27.3 Å². The summed E-state index contributed by atoms with van der Waals surface area (Å²) in [6, 6.07) is 10.3. The second-order valence-corrected chi connectivity index (χ2v) is 9.35. The average molecular weight is 379 g/mol. The second kappa shape index (κ2) is 7.27. The monoisotopic (exact) mass is 378 g/mol. The number of sulfonamides is 1. The van der Waals surface area contributed by atoms with E-state index in [1.165, 1.54) is 15.6 Å². The summed E-state index contributed by atoms with van der Waals surface area (Å²) < 4.78 is 27.8. The van der Waals surface area contributed by atoms with Gasteiger partial charge in [-0.3, -0.25) is 4.79 Å². The molecule has 0 saturated carbocycles. The van der Waals surface area contributed by atoms with Crippen molar-refractivity contribution in [3.8, 4) is 0 Å². The summed E-state index contributed by atoms with van der Waals surface area (Å²) in [4.78, 5) is 12.8. The Labute approximate surface area is 152 Å². The van der Waals surface area contributed by atoms with Gasteiger partial charge in [0.1, 0.15) is 10.3 Å². The van der Waals surface area contributed by atoms with Crippen LogP contribution in [0.4, 0.5) is 0 Å². The van der Waals surface area contributed by atoms with Crippen LogP contribution in [0.2, 0.25) is 0 Å². The van der Waals surface area contributed by atoms with E-state index < -0.39 is 16.1 Å². The van der Waals surface area contributed by atoms with Gasteiger partial charge < -0.3 is 5.32 Å². The molecular formula is C18H22N2O3S2. The van der Waals surface area contributed by atoms with Gasteiger partial charge in [0.2, 0.25) is 5.91 Å². The van der Waals surface area contributed by atoms with Crippen LogP contribution in [0.25, 0.3) is 0 Å². The molecule has 0 aliphatic carbocycles. The van der Waals surface area contributed by atoms with Crippen molar-refractivity contribution < 1.29 is 13.2 Å². The summed E-state index contributed by atoms with van der Waals surface area (Å²) in [5.74, 6) is -0.232. The first-order valence-corrected chi connectivity index (χ1v) is 10.7. The van der Waals surface area contributed by atoms with Crippen molar-refractivity contribution in [1.82, 2.24) is 9.62 Å². The molecule has 0 radical (unpaired) electrons. The molecule has 2 atom stereocenters. The van der Waals surface area contributed by atoms with E-state index in [0.29, 0.717) is 6.42 Å². The van der Waals surface area contributed by atoms with Crippen LogP contribution in [-0.4, -0.2) is 30.7 Å². The minimum absolute atomic E-state index is 0.0102. The van der Waals surface area contributed by atoms with Crippen LogP contribution in [-0.2, 0) is 27.8 Å². The maximum atomic E-state index is 13.1. The predicted octanol–water partition coefficient (Wildman–Crippen LogP) is 2.78. The smallest absolute Gasteiger partial charge is 0.253 e. The average Bonchev–Trinajstić information content (AvgIpc) is 3.15. The number of nitrogens with one attached hydrogen (secondary N) is 1. The Morgan fingerprint density at radius 2 is 2.00 bits per heavy atom. The van der Waals surface area contributed by atoms with Crippen molar-refractivity contribution in [1.29, 1.82) is 0 Å². The molecule has 1 aliphatic heterocycles. The Morgan fingerprint density at radius 3 is 2.64 bits per heavy atom. The molecule has 134 valence electrons. The lowest BCUT2D eigenvalue weighted by molar-refractivity contribution is -0.125. The number of thiophene rings is 1. The number of carbonyl (C=O) groups is 1. The molecule has 3 rings (SSSR count). The van der Waals surface area contributed by atoms with Gasteiger partial charge in [0, 0.05) is 12.6 Å². The lowest BCUT2D eigenvalue weighted by Gasteiger charge is -2.35. The van der Waals surface area contributed by atoms with Gasteiger partial charge >= 0.3 is 0 Å². The number of fused-ring (bicyclic) bond motifs is 1. The van der Waals surface area contributed by atoms with E-state index in [0.717, 1.165) is 17.5 Å². The molecule has 2 unspecified atom stereocenters. The maximum Gasteiger partial charge on any atom is 0.253 e. The topological polar surface area (TPSA) is 66.5 Å². The van der Waals surface area contributed by atoms with Crippen LogP contribution in [0.5, 0.6) is 0 Å². The van der Waals surface area contributed by atoms with Gasteiger partial charge in [-0.2, -0.15) is 4.31 Å². The van der Waals surface area contributed by atoms with Crippen LogP contribution in [0.3, 0.4) is 0 Å². The number of carbonyl (C=O) groups excluding carboxylic acids is 1. The molecule has 1 aromatic heterocycles. The van der Waals surface area contributed by atoms with Crippen LogP contribution in [0.15, 0.2) is 46.0 Å². The highest BCUT2D eigenvalue weighted by molar-refractivity contribution is 7.91. The largest absolute Gasteiger partial charge is 0.352 e. The molecule has 1 aromatic carbocycles. The number of hydrogen-bond donors (Lipinski definition) is 1. The highest BCUT2D eigenvalue weighted by Crippen LogP contribution is 2.30. The van der Waals surface area contributed by atoms with E-state index in [1.54, 1.807) is 17.5 Å². The third-order valence-corrected chi connectivity index (χ3v) is 7.79. The standard InChI is InChI=1S/C18H22N2O3S2/c1-3-13(2)19-18(21)16-11-14-7-4-5-8-15(14)12-20(16)25(22,23)17-9-6-10-24-17/h4-10,13,16H,3,11-12H2,1-2H3,(H,19,21). The quantitative estimate of drug-likeness (QED) is 0.870. The highest BCUT2D eigenvalue weighted by atomic mass is 32.2. The third kappa shape index (κ3) is 3.63. The molecule has 5 nitrogen and oxygen atoms in total. The van der Waals surface area contributed by atoms with Gasteiger partial charge in [-0.1, -0.05) is 37.3 Å². The number of benzene rings is 1. The van der Waals surface area contributed by atoms with Crippen molar-refractivity contribution in [3.63, 3.8) is 0 Å². The molecule has 2 heterocycles. The zero-order valence-electron chi connectivity index (χ0n) is 14.3. The normalized spacial score (nSPS) is 19.2. The molecule has 2 aromatic rings. The van der Waals surface area contributed by atoms with Crippen molar-refractivity contribution in [2.75, 3.05) is 0 Å². The van der Waals surface area contributed by atoms with Gasteiger partial charge in [0.15, 0.2) is 0 Å². The van der Waals surface area contributed by atoms with Gasteiger partial charge in [0.05, 0.1) is 0 Å². The fourth-order valence-corrected chi connectivity index (χ4v) is 5.63. The number of nitrogens with zero attached hydrogens (tertiary/aromatic N) is 1. The molecule has 0 saturated heterocycles. The van der Waals surface area contributed by atoms with Gasteiger partial charge in [-0.25, -0.2) is 8.42 Å². The second-order valence-electron chi connectivity index (χ2n) is 6.29. The van der Waals surface area contributed by atoms with E-state index >= 15 is 0 Å². The summed E-state index contributed by atoms with van der Waals surface area (Å²) in [6.07, 6.45) is 1.19. The lowest BCUT2D eigenvalue weighted by Crippen LogP contribution is -2.53. The summed E-state index contributed by atoms with van der Waals surface area (Å²) in [7, 11) is -3.71. The molecule has 25 heavy (non-hydrogen) atoms. The van der Waals surface area contributed by atoms with E-state index in [1.807, 2.05) is 38.1 Å². The van der Waals surface area contributed by atoms with Crippen molar-refractivity contribution in [2.24, 2.45) is 0 Å². The molecule has 1 amide bonds. The van der Waals surface area contributed by atoms with E-state index in [-0.39, 0.29) is 22.7 Å². The summed E-state index contributed by atoms with van der Waals surface area (Å²) in [6.45, 7) is 4.13. The minimum Gasteiger partial charge on any atom is -0.352 e. The number of rotatable bonds is 5. The Hall–Kier alpha value is -1.70. The Balaban J connectivity index is 1.99. The van der Waals surface area contributed by atoms with E-state index in [9.17, 15) is 13.2 Å². The third-order valence-electron chi connectivity index (χ3n) is 4.57. The van der Waals surface area contributed by atoms with Crippen LogP contribution in [0.1, 0.15) is 31.4 Å². The minimum atomic E-state index is -3.71. The summed E-state index contributed by atoms with van der Waals surface area (Å²) >= 11 is 1.18. The first kappa shape index (κ1) is 18.1. The van der Waals surface area contributed by atoms with Crippen molar-refractivity contribution in [3.05, 3.63) is 52.9 Å². The first-order chi connectivity index (χ1) is 11.9. The molecule has 0 bridgehead atoms. The van der Waals surface area contributed by atoms with Gasteiger partial charge in [0.25, 0.3) is 10.0 Å². The van der Waals surface area contributed by atoms with Crippen LogP contribution in [0, 0.1) is 0 Å². The number of hydrogen-bond acceptors (Lipinski definition) is 4. The van der Waals surface area contributed by atoms with E-state index in [2.05, 4.69) is 5.32 Å². The fraction of sp³-hybridized carbons (Fsp3) is 0.389. The van der Waals surface area contributed by atoms with Crippen LogP contribution < -0.4 is 5.32 Å². The zero-order valence-corrected chi connectivity index (χ0v) is 15.9. The zero-order chi connectivity index (χ0) is 18.0.